The van der Waals surface area contributed by atoms with Crippen molar-refractivity contribution >= 4 is 32.6 Å². The predicted molar refractivity (Wildman–Crippen MR) is 93.7 cm³/mol. The second kappa shape index (κ2) is 6.74. The SMILES string of the molecule is CC(C)(O)CC1CCC[C@@H](C(=O)Nc2nc3cc(F)ccc3s2)N1. The first-order valence-corrected chi connectivity index (χ1v) is 8.97. The van der Waals surface area contributed by atoms with Crippen LogP contribution in [0.4, 0.5) is 9.52 Å². The van der Waals surface area contributed by atoms with Crippen LogP contribution in [0.3, 0.4) is 0 Å². The van der Waals surface area contributed by atoms with E-state index in [0.717, 1.165) is 24.0 Å². The molecule has 1 fully saturated rings. The molecule has 1 unspecified atom stereocenters. The first kappa shape index (κ1) is 17.3. The molecule has 0 saturated carbocycles. The maximum absolute atomic E-state index is 13.2. The molecule has 3 N–H and O–H groups in total. The molecule has 24 heavy (non-hydrogen) atoms. The molecule has 2 heterocycles. The Hall–Kier alpha value is -1.57. The van der Waals surface area contributed by atoms with Crippen LogP contribution >= 0.6 is 11.3 Å². The van der Waals surface area contributed by atoms with Gasteiger partial charge in [0.2, 0.25) is 5.91 Å². The van der Waals surface area contributed by atoms with Gasteiger partial charge in [0, 0.05) is 12.1 Å². The maximum Gasteiger partial charge on any atom is 0.243 e. The van der Waals surface area contributed by atoms with Gasteiger partial charge >= 0.3 is 0 Å². The number of carbonyl (C=O) groups is 1. The van der Waals surface area contributed by atoms with Crippen molar-refractivity contribution in [1.29, 1.82) is 0 Å². The van der Waals surface area contributed by atoms with Crippen molar-refractivity contribution < 1.29 is 14.3 Å². The number of amides is 1. The Morgan fingerprint density at radius 3 is 3.04 bits per heavy atom. The summed E-state index contributed by atoms with van der Waals surface area (Å²) in [6, 6.07) is 4.24. The molecule has 3 rings (SSSR count). The first-order valence-electron chi connectivity index (χ1n) is 8.15. The van der Waals surface area contributed by atoms with Crippen LogP contribution in [0.2, 0.25) is 0 Å². The minimum atomic E-state index is -0.757. The van der Waals surface area contributed by atoms with Crippen molar-refractivity contribution in [2.75, 3.05) is 5.32 Å². The zero-order chi connectivity index (χ0) is 17.3. The Bertz CT molecular complexity index is 741. The molecule has 0 spiro atoms. The number of hydrogen-bond acceptors (Lipinski definition) is 5. The second-order valence-electron chi connectivity index (χ2n) is 6.98. The number of benzene rings is 1. The Labute approximate surface area is 144 Å². The first-order chi connectivity index (χ1) is 11.3. The van der Waals surface area contributed by atoms with Crippen LogP contribution in [0.25, 0.3) is 10.2 Å². The van der Waals surface area contributed by atoms with Gasteiger partial charge in [-0.1, -0.05) is 11.3 Å². The smallest absolute Gasteiger partial charge is 0.243 e. The van der Waals surface area contributed by atoms with Crippen molar-refractivity contribution in [3.8, 4) is 0 Å². The summed E-state index contributed by atoms with van der Waals surface area (Å²) in [5.41, 5.74) is -0.209. The van der Waals surface area contributed by atoms with Crippen molar-refractivity contribution in [2.45, 2.75) is 57.2 Å². The lowest BCUT2D eigenvalue weighted by Gasteiger charge is -2.33. The number of fused-ring (bicyclic) bond motifs is 1. The summed E-state index contributed by atoms with van der Waals surface area (Å²) < 4.78 is 14.1. The topological polar surface area (TPSA) is 74.2 Å². The molecule has 1 amide bonds. The molecule has 2 aromatic rings. The Kier molecular flexibility index (Phi) is 4.85. The van der Waals surface area contributed by atoms with Gasteiger partial charge in [0.15, 0.2) is 5.13 Å². The molecular formula is C17H22FN3O2S. The van der Waals surface area contributed by atoms with Crippen LogP contribution < -0.4 is 10.6 Å². The van der Waals surface area contributed by atoms with E-state index in [2.05, 4.69) is 15.6 Å². The van der Waals surface area contributed by atoms with Gasteiger partial charge in [-0.25, -0.2) is 9.37 Å². The fraction of sp³-hybridized carbons (Fsp3) is 0.529. The Balaban J connectivity index is 1.65. The molecule has 0 bridgehead atoms. The molecule has 7 heteroatoms. The van der Waals surface area contributed by atoms with E-state index in [-0.39, 0.29) is 23.8 Å². The Morgan fingerprint density at radius 2 is 2.29 bits per heavy atom. The predicted octanol–water partition coefficient (Wildman–Crippen LogP) is 3.05. The summed E-state index contributed by atoms with van der Waals surface area (Å²) in [6.45, 7) is 3.55. The van der Waals surface area contributed by atoms with Crippen molar-refractivity contribution in [1.82, 2.24) is 10.3 Å². The normalized spacial score (nSPS) is 21.8. The van der Waals surface area contributed by atoms with Gasteiger partial charge in [-0.2, -0.15) is 0 Å². The van der Waals surface area contributed by atoms with Gasteiger partial charge in [0.1, 0.15) is 5.82 Å². The number of thiazole rings is 1. The van der Waals surface area contributed by atoms with E-state index in [0.29, 0.717) is 17.1 Å². The van der Waals surface area contributed by atoms with Crippen LogP contribution in [0.5, 0.6) is 0 Å². The molecule has 1 aliphatic rings. The van der Waals surface area contributed by atoms with Gasteiger partial charge in [0.05, 0.1) is 21.9 Å². The zero-order valence-electron chi connectivity index (χ0n) is 13.8. The van der Waals surface area contributed by atoms with E-state index < -0.39 is 5.60 Å². The highest BCUT2D eigenvalue weighted by molar-refractivity contribution is 7.22. The molecule has 1 aliphatic heterocycles. The second-order valence-corrected chi connectivity index (χ2v) is 8.01. The highest BCUT2D eigenvalue weighted by Gasteiger charge is 2.30. The van der Waals surface area contributed by atoms with E-state index in [1.165, 1.54) is 23.5 Å². The Morgan fingerprint density at radius 1 is 1.50 bits per heavy atom. The number of carbonyl (C=O) groups excluding carboxylic acids is 1. The molecule has 0 radical (unpaired) electrons. The van der Waals surface area contributed by atoms with E-state index in [4.69, 9.17) is 0 Å². The maximum atomic E-state index is 13.2. The average molecular weight is 351 g/mol. The number of halogens is 1. The number of rotatable bonds is 4. The van der Waals surface area contributed by atoms with E-state index >= 15 is 0 Å². The number of anilines is 1. The third-order valence-corrected chi connectivity index (χ3v) is 5.08. The minimum absolute atomic E-state index is 0.124. The summed E-state index contributed by atoms with van der Waals surface area (Å²) in [5.74, 6) is -0.468. The summed E-state index contributed by atoms with van der Waals surface area (Å²) >= 11 is 1.33. The number of nitrogens with zero attached hydrogens (tertiary/aromatic N) is 1. The van der Waals surface area contributed by atoms with E-state index in [1.807, 2.05) is 0 Å². The third-order valence-electron chi connectivity index (χ3n) is 4.12. The number of aliphatic hydroxyl groups is 1. The minimum Gasteiger partial charge on any atom is -0.390 e. The van der Waals surface area contributed by atoms with E-state index in [1.54, 1.807) is 19.9 Å². The van der Waals surface area contributed by atoms with Crippen LogP contribution in [-0.2, 0) is 4.79 Å². The zero-order valence-corrected chi connectivity index (χ0v) is 14.6. The lowest BCUT2D eigenvalue weighted by atomic mass is 9.90. The monoisotopic (exact) mass is 351 g/mol. The summed E-state index contributed by atoms with van der Waals surface area (Å²) in [7, 11) is 0. The fourth-order valence-electron chi connectivity index (χ4n) is 3.14. The van der Waals surface area contributed by atoms with Gasteiger partial charge in [0.25, 0.3) is 0 Å². The number of hydrogen-bond donors (Lipinski definition) is 3. The number of aromatic nitrogens is 1. The molecule has 2 atom stereocenters. The fourth-order valence-corrected chi connectivity index (χ4v) is 3.99. The lowest BCUT2D eigenvalue weighted by Crippen LogP contribution is -2.50. The summed E-state index contributed by atoms with van der Waals surface area (Å²) in [6.07, 6.45) is 3.26. The highest BCUT2D eigenvalue weighted by Crippen LogP contribution is 2.27. The van der Waals surface area contributed by atoms with Gasteiger partial charge in [-0.3, -0.25) is 4.79 Å². The highest BCUT2D eigenvalue weighted by atomic mass is 32.1. The molecule has 0 aliphatic carbocycles. The average Bonchev–Trinajstić information content (AvgIpc) is 2.87. The quantitative estimate of drug-likeness (QED) is 0.791. The van der Waals surface area contributed by atoms with Gasteiger partial charge in [-0.15, -0.1) is 0 Å². The van der Waals surface area contributed by atoms with Crippen LogP contribution in [-0.4, -0.2) is 33.7 Å². The van der Waals surface area contributed by atoms with Crippen LogP contribution in [0.1, 0.15) is 39.5 Å². The molecule has 5 nitrogen and oxygen atoms in total. The van der Waals surface area contributed by atoms with Gasteiger partial charge < -0.3 is 15.7 Å². The summed E-state index contributed by atoms with van der Waals surface area (Å²) in [5, 5.41) is 16.6. The van der Waals surface area contributed by atoms with Crippen molar-refractivity contribution in [3.63, 3.8) is 0 Å². The van der Waals surface area contributed by atoms with Gasteiger partial charge in [-0.05, 0) is 51.7 Å². The summed E-state index contributed by atoms with van der Waals surface area (Å²) in [4.78, 5) is 16.7. The molecule has 1 aromatic carbocycles. The van der Waals surface area contributed by atoms with Crippen molar-refractivity contribution in [2.24, 2.45) is 0 Å². The standard InChI is InChI=1S/C17H22FN3O2S/c1-17(2,23)9-11-4-3-5-12(19-11)15(22)21-16-20-13-8-10(18)6-7-14(13)24-16/h6-8,11-12,19,23H,3-5,9H2,1-2H3,(H,20,21,22)/t11?,12-/m0/s1. The number of nitrogens with one attached hydrogen (secondary N) is 2. The largest absolute Gasteiger partial charge is 0.390 e. The number of piperidine rings is 1. The third kappa shape index (κ3) is 4.28. The van der Waals surface area contributed by atoms with Crippen molar-refractivity contribution in [3.05, 3.63) is 24.0 Å². The molecule has 130 valence electrons. The molecular weight excluding hydrogens is 329 g/mol. The molecule has 1 aromatic heterocycles. The van der Waals surface area contributed by atoms with Crippen LogP contribution in [0, 0.1) is 5.82 Å². The lowest BCUT2D eigenvalue weighted by molar-refractivity contribution is -0.119. The van der Waals surface area contributed by atoms with E-state index in [9.17, 15) is 14.3 Å². The molecule has 1 saturated heterocycles. The van der Waals surface area contributed by atoms with Crippen LogP contribution in [0.15, 0.2) is 18.2 Å².